The maximum absolute atomic E-state index is 11.6. The van der Waals surface area contributed by atoms with Gasteiger partial charge in [0.15, 0.2) is 0 Å². The lowest BCUT2D eigenvalue weighted by atomic mass is 10.1. The molecular weight excluding hydrogens is 238 g/mol. The fraction of sp³-hybridized carbons (Fsp3) is 0.462. The summed E-state index contributed by atoms with van der Waals surface area (Å²) < 4.78 is 4.97. The van der Waals surface area contributed by atoms with E-state index in [1.807, 2.05) is 32.0 Å². The van der Waals surface area contributed by atoms with Gasteiger partial charge in [0.05, 0.1) is 5.88 Å². The summed E-state index contributed by atoms with van der Waals surface area (Å²) in [4.78, 5) is 11.6. The first-order chi connectivity index (χ1) is 8.06. The van der Waals surface area contributed by atoms with E-state index in [1.54, 1.807) is 6.92 Å². The highest BCUT2D eigenvalue weighted by molar-refractivity contribution is 6.18. The van der Waals surface area contributed by atoms with E-state index in [1.165, 1.54) is 0 Å². The third-order valence-corrected chi connectivity index (χ3v) is 2.67. The molecule has 94 valence electrons. The summed E-state index contributed by atoms with van der Waals surface area (Å²) in [5.41, 5.74) is 3.21. The third kappa shape index (κ3) is 3.93. The van der Waals surface area contributed by atoms with E-state index in [-0.39, 0.29) is 18.6 Å². The van der Waals surface area contributed by atoms with E-state index in [9.17, 15) is 4.79 Å². The van der Waals surface area contributed by atoms with Crippen LogP contribution in [0.15, 0.2) is 18.2 Å². The van der Waals surface area contributed by atoms with Crippen molar-refractivity contribution >= 4 is 23.3 Å². The Morgan fingerprint density at radius 1 is 1.41 bits per heavy atom. The second kappa shape index (κ2) is 6.50. The zero-order valence-corrected chi connectivity index (χ0v) is 11.2. The molecule has 0 aliphatic heterocycles. The minimum absolute atomic E-state index is 0.249. The molecule has 0 aliphatic rings. The van der Waals surface area contributed by atoms with Crippen molar-refractivity contribution < 1.29 is 9.53 Å². The van der Waals surface area contributed by atoms with Crippen molar-refractivity contribution in [1.82, 2.24) is 0 Å². The summed E-state index contributed by atoms with van der Waals surface area (Å²) >= 11 is 5.46. The van der Waals surface area contributed by atoms with Crippen molar-refractivity contribution in [3.8, 4) is 0 Å². The van der Waals surface area contributed by atoms with Gasteiger partial charge in [0, 0.05) is 5.69 Å². The molecule has 1 aromatic rings. The van der Waals surface area contributed by atoms with Crippen LogP contribution in [0.1, 0.15) is 18.1 Å². The van der Waals surface area contributed by atoms with Gasteiger partial charge in [-0.05, 0) is 31.9 Å². The summed E-state index contributed by atoms with van der Waals surface area (Å²) in [6.45, 7) is 6.04. The fourth-order valence-corrected chi connectivity index (χ4v) is 1.66. The zero-order chi connectivity index (χ0) is 12.8. The molecule has 3 nitrogen and oxygen atoms in total. The predicted octanol–water partition coefficient (Wildman–Crippen LogP) is 2.89. The number of alkyl halides is 1. The van der Waals surface area contributed by atoms with E-state index >= 15 is 0 Å². The number of hydrogen-bond acceptors (Lipinski definition) is 3. The molecule has 0 radical (unpaired) electrons. The van der Waals surface area contributed by atoms with Crippen molar-refractivity contribution in [2.45, 2.75) is 26.8 Å². The van der Waals surface area contributed by atoms with Crippen LogP contribution in [0.25, 0.3) is 0 Å². The van der Waals surface area contributed by atoms with Crippen LogP contribution in [0.3, 0.4) is 0 Å². The highest BCUT2D eigenvalue weighted by Gasteiger charge is 2.15. The molecule has 1 aromatic carbocycles. The zero-order valence-electron chi connectivity index (χ0n) is 10.4. The summed E-state index contributed by atoms with van der Waals surface area (Å²) in [7, 11) is 0. The topological polar surface area (TPSA) is 38.3 Å². The van der Waals surface area contributed by atoms with Crippen LogP contribution in [0.5, 0.6) is 0 Å². The number of benzene rings is 1. The first-order valence-electron chi connectivity index (χ1n) is 5.61. The van der Waals surface area contributed by atoms with Gasteiger partial charge in [-0.3, -0.25) is 0 Å². The highest BCUT2D eigenvalue weighted by atomic mass is 35.5. The average Bonchev–Trinajstić information content (AvgIpc) is 2.30. The summed E-state index contributed by atoms with van der Waals surface area (Å²) in [5, 5.41) is 3.17. The quantitative estimate of drug-likeness (QED) is 0.650. The molecule has 4 heteroatoms. The molecule has 0 spiro atoms. The lowest BCUT2D eigenvalue weighted by Crippen LogP contribution is -2.29. The van der Waals surface area contributed by atoms with Crippen LogP contribution in [0, 0.1) is 13.8 Å². The van der Waals surface area contributed by atoms with Gasteiger partial charge in [-0.15, -0.1) is 11.6 Å². The minimum atomic E-state index is -0.377. The monoisotopic (exact) mass is 255 g/mol. The van der Waals surface area contributed by atoms with Gasteiger partial charge in [-0.25, -0.2) is 4.79 Å². The number of nitrogens with one attached hydrogen (secondary N) is 1. The molecule has 0 bridgehead atoms. The molecule has 1 N–H and O–H groups in total. The van der Waals surface area contributed by atoms with Crippen LogP contribution in [-0.2, 0) is 9.53 Å². The smallest absolute Gasteiger partial charge is 0.328 e. The first-order valence-corrected chi connectivity index (χ1v) is 6.15. The molecule has 0 saturated heterocycles. The molecule has 17 heavy (non-hydrogen) atoms. The predicted molar refractivity (Wildman–Crippen MR) is 70.7 cm³/mol. The number of rotatable bonds is 5. The Morgan fingerprint density at radius 2 is 2.00 bits per heavy atom. The maximum atomic E-state index is 11.6. The second-order valence-corrected chi connectivity index (χ2v) is 4.37. The van der Waals surface area contributed by atoms with Crippen LogP contribution >= 0.6 is 11.6 Å². The van der Waals surface area contributed by atoms with Crippen molar-refractivity contribution in [3.63, 3.8) is 0 Å². The Kier molecular flexibility index (Phi) is 5.29. The first kappa shape index (κ1) is 13.8. The molecule has 0 aromatic heterocycles. The van der Waals surface area contributed by atoms with Crippen LogP contribution in [0.2, 0.25) is 0 Å². The Hall–Kier alpha value is -1.22. The molecule has 1 unspecified atom stereocenters. The van der Waals surface area contributed by atoms with E-state index < -0.39 is 0 Å². The molecule has 0 saturated carbocycles. The molecule has 0 amide bonds. The highest BCUT2D eigenvalue weighted by Crippen LogP contribution is 2.20. The Morgan fingerprint density at radius 3 is 2.53 bits per heavy atom. The Balaban J connectivity index is 2.67. The van der Waals surface area contributed by atoms with Gasteiger partial charge >= 0.3 is 5.97 Å². The maximum Gasteiger partial charge on any atom is 0.328 e. The standard InChI is InChI=1S/C13H18ClNO2/c1-9-5-4-6-10(2)12(9)15-11(3)13(16)17-8-7-14/h4-6,11,15H,7-8H2,1-3H3. The third-order valence-electron chi connectivity index (χ3n) is 2.52. The van der Waals surface area contributed by atoms with Crippen LogP contribution in [-0.4, -0.2) is 24.5 Å². The van der Waals surface area contributed by atoms with Crippen LogP contribution in [0.4, 0.5) is 5.69 Å². The van der Waals surface area contributed by atoms with Gasteiger partial charge in [0.25, 0.3) is 0 Å². The van der Waals surface area contributed by atoms with Gasteiger partial charge in [0.1, 0.15) is 12.6 Å². The number of carbonyl (C=O) groups excluding carboxylic acids is 1. The largest absolute Gasteiger partial charge is 0.463 e. The van der Waals surface area contributed by atoms with Crippen molar-refractivity contribution in [3.05, 3.63) is 29.3 Å². The van der Waals surface area contributed by atoms with E-state index in [0.29, 0.717) is 5.88 Å². The van der Waals surface area contributed by atoms with E-state index in [0.717, 1.165) is 16.8 Å². The number of hydrogen-bond donors (Lipinski definition) is 1. The molecule has 0 fully saturated rings. The lowest BCUT2D eigenvalue weighted by Gasteiger charge is -2.17. The van der Waals surface area contributed by atoms with Gasteiger partial charge in [-0.2, -0.15) is 0 Å². The number of halogens is 1. The molecule has 0 heterocycles. The number of aryl methyl sites for hydroxylation is 2. The van der Waals surface area contributed by atoms with Crippen molar-refractivity contribution in [1.29, 1.82) is 0 Å². The fourth-order valence-electron chi connectivity index (χ4n) is 1.58. The average molecular weight is 256 g/mol. The van der Waals surface area contributed by atoms with Crippen molar-refractivity contribution in [2.75, 3.05) is 17.8 Å². The van der Waals surface area contributed by atoms with E-state index in [2.05, 4.69) is 5.32 Å². The normalized spacial score (nSPS) is 12.0. The molecule has 1 atom stereocenters. The van der Waals surface area contributed by atoms with E-state index in [4.69, 9.17) is 16.3 Å². The Bertz CT molecular complexity index is 373. The van der Waals surface area contributed by atoms with Gasteiger partial charge < -0.3 is 10.1 Å². The van der Waals surface area contributed by atoms with Gasteiger partial charge in [0.2, 0.25) is 0 Å². The van der Waals surface area contributed by atoms with Crippen molar-refractivity contribution in [2.24, 2.45) is 0 Å². The number of carbonyl (C=O) groups is 1. The number of esters is 1. The second-order valence-electron chi connectivity index (χ2n) is 3.99. The molecule has 1 rings (SSSR count). The lowest BCUT2D eigenvalue weighted by molar-refractivity contribution is -0.143. The Labute approximate surface area is 107 Å². The minimum Gasteiger partial charge on any atom is -0.463 e. The SMILES string of the molecule is Cc1cccc(C)c1NC(C)C(=O)OCCCl. The number of ether oxygens (including phenoxy) is 1. The number of anilines is 1. The summed E-state index contributed by atoms with van der Waals surface area (Å²) in [6, 6.07) is 5.63. The molecule has 0 aliphatic carbocycles. The molecular formula is C13H18ClNO2. The van der Waals surface area contributed by atoms with Gasteiger partial charge in [-0.1, -0.05) is 18.2 Å². The van der Waals surface area contributed by atoms with Crippen LogP contribution < -0.4 is 5.32 Å². The summed E-state index contributed by atoms with van der Waals surface area (Å²) in [6.07, 6.45) is 0. The number of para-hydroxylation sites is 1. The summed E-state index contributed by atoms with van der Waals surface area (Å²) in [5.74, 6) is 0.0373.